The van der Waals surface area contributed by atoms with E-state index in [0.717, 1.165) is 31.0 Å². The van der Waals surface area contributed by atoms with E-state index in [-0.39, 0.29) is 29.7 Å². The molecular formula is C18H24IN3O. The first-order valence-electron chi connectivity index (χ1n) is 7.62. The molecule has 5 heteroatoms. The van der Waals surface area contributed by atoms with Crippen LogP contribution in [0.25, 0.3) is 0 Å². The van der Waals surface area contributed by atoms with E-state index in [2.05, 4.69) is 46.8 Å². The highest BCUT2D eigenvalue weighted by atomic mass is 127. The van der Waals surface area contributed by atoms with Gasteiger partial charge in [-0.2, -0.15) is 0 Å². The van der Waals surface area contributed by atoms with E-state index >= 15 is 0 Å². The second kappa shape index (κ2) is 10.9. The largest absolute Gasteiger partial charge is 0.508 e. The van der Waals surface area contributed by atoms with E-state index < -0.39 is 0 Å². The third-order valence-electron chi connectivity index (χ3n) is 3.25. The van der Waals surface area contributed by atoms with Crippen LogP contribution in [0.3, 0.4) is 0 Å². The van der Waals surface area contributed by atoms with Crippen molar-refractivity contribution in [1.82, 2.24) is 10.6 Å². The van der Waals surface area contributed by atoms with Gasteiger partial charge in [-0.1, -0.05) is 42.5 Å². The first-order chi connectivity index (χ1) is 10.8. The standard InChI is InChI=1S/C18H23N3O.HI/c1-2-19-18(20-13-12-15-6-4-3-5-7-15)21-14-16-8-10-17(22)11-9-16;/h3-11,22H,2,12-14H2,1H3,(H2,19,20,21);1H. The van der Waals surface area contributed by atoms with Crippen LogP contribution in [0.5, 0.6) is 5.75 Å². The SMILES string of the molecule is CCNC(=NCc1ccc(O)cc1)NCCc1ccccc1.I. The Labute approximate surface area is 155 Å². The van der Waals surface area contributed by atoms with E-state index in [1.807, 2.05) is 18.2 Å². The molecule has 2 rings (SSSR count). The molecule has 0 radical (unpaired) electrons. The molecule has 0 spiro atoms. The topological polar surface area (TPSA) is 56.7 Å². The number of hydrogen-bond donors (Lipinski definition) is 3. The fraction of sp³-hybridized carbons (Fsp3) is 0.278. The highest BCUT2D eigenvalue weighted by Gasteiger charge is 1.98. The Hall–Kier alpha value is -1.76. The fourth-order valence-corrected chi connectivity index (χ4v) is 2.08. The predicted octanol–water partition coefficient (Wildman–Crippen LogP) is 3.31. The number of aliphatic imine (C=N–C) groups is 1. The van der Waals surface area contributed by atoms with Gasteiger partial charge in [0.1, 0.15) is 5.75 Å². The number of aromatic hydroxyl groups is 1. The lowest BCUT2D eigenvalue weighted by atomic mass is 10.1. The summed E-state index contributed by atoms with van der Waals surface area (Å²) >= 11 is 0. The van der Waals surface area contributed by atoms with Crippen LogP contribution >= 0.6 is 24.0 Å². The molecule has 0 aliphatic rings. The van der Waals surface area contributed by atoms with Gasteiger partial charge in [0.2, 0.25) is 0 Å². The molecule has 0 saturated carbocycles. The zero-order valence-electron chi connectivity index (χ0n) is 13.3. The fourth-order valence-electron chi connectivity index (χ4n) is 2.08. The molecule has 23 heavy (non-hydrogen) atoms. The quantitative estimate of drug-likeness (QED) is 0.378. The zero-order valence-corrected chi connectivity index (χ0v) is 15.7. The minimum Gasteiger partial charge on any atom is -0.508 e. The van der Waals surface area contributed by atoms with Crippen LogP contribution in [0.4, 0.5) is 0 Å². The summed E-state index contributed by atoms with van der Waals surface area (Å²) in [6.45, 7) is 4.30. The van der Waals surface area contributed by atoms with Gasteiger partial charge in [0.25, 0.3) is 0 Å². The molecule has 124 valence electrons. The van der Waals surface area contributed by atoms with Crippen LogP contribution in [-0.2, 0) is 13.0 Å². The van der Waals surface area contributed by atoms with E-state index in [4.69, 9.17) is 0 Å². The summed E-state index contributed by atoms with van der Waals surface area (Å²) in [5.74, 6) is 1.09. The minimum atomic E-state index is 0. The number of halogens is 1. The monoisotopic (exact) mass is 425 g/mol. The number of nitrogens with zero attached hydrogens (tertiary/aromatic N) is 1. The molecule has 0 aliphatic heterocycles. The zero-order chi connectivity index (χ0) is 15.6. The Morgan fingerprint density at radius 2 is 1.65 bits per heavy atom. The molecule has 0 aliphatic carbocycles. The highest BCUT2D eigenvalue weighted by molar-refractivity contribution is 14.0. The van der Waals surface area contributed by atoms with Crippen molar-refractivity contribution in [2.24, 2.45) is 4.99 Å². The third kappa shape index (κ3) is 7.36. The Bertz CT molecular complexity index is 585. The summed E-state index contributed by atoms with van der Waals surface area (Å²) in [5.41, 5.74) is 2.38. The number of hydrogen-bond acceptors (Lipinski definition) is 2. The maximum atomic E-state index is 9.28. The molecule has 0 fully saturated rings. The first kappa shape index (κ1) is 19.3. The Morgan fingerprint density at radius 1 is 0.957 bits per heavy atom. The summed E-state index contributed by atoms with van der Waals surface area (Å²) < 4.78 is 0. The Morgan fingerprint density at radius 3 is 2.30 bits per heavy atom. The number of nitrogens with one attached hydrogen (secondary N) is 2. The van der Waals surface area contributed by atoms with E-state index in [0.29, 0.717) is 6.54 Å². The molecular weight excluding hydrogens is 401 g/mol. The van der Waals surface area contributed by atoms with Gasteiger partial charge >= 0.3 is 0 Å². The Balaban J connectivity index is 0.00000264. The van der Waals surface area contributed by atoms with Crippen molar-refractivity contribution in [3.63, 3.8) is 0 Å². The molecule has 0 amide bonds. The lowest BCUT2D eigenvalue weighted by molar-refractivity contribution is 0.475. The first-order valence-corrected chi connectivity index (χ1v) is 7.62. The van der Waals surface area contributed by atoms with Crippen molar-refractivity contribution in [2.75, 3.05) is 13.1 Å². The molecule has 3 N–H and O–H groups in total. The van der Waals surface area contributed by atoms with Crippen LogP contribution < -0.4 is 10.6 Å². The number of guanidine groups is 1. The predicted molar refractivity (Wildman–Crippen MR) is 106 cm³/mol. The molecule has 0 saturated heterocycles. The molecule has 2 aromatic carbocycles. The van der Waals surface area contributed by atoms with E-state index in [9.17, 15) is 5.11 Å². The van der Waals surface area contributed by atoms with Crippen LogP contribution in [0.1, 0.15) is 18.1 Å². The van der Waals surface area contributed by atoms with Crippen LogP contribution in [0.2, 0.25) is 0 Å². The average Bonchev–Trinajstić information content (AvgIpc) is 2.55. The second-order valence-corrected chi connectivity index (χ2v) is 5.02. The number of phenols is 1. The summed E-state index contributed by atoms with van der Waals surface area (Å²) in [4.78, 5) is 4.56. The van der Waals surface area contributed by atoms with Crippen molar-refractivity contribution in [1.29, 1.82) is 0 Å². The summed E-state index contributed by atoms with van der Waals surface area (Å²) in [5, 5.41) is 15.9. The maximum absolute atomic E-state index is 9.28. The van der Waals surface area contributed by atoms with Crippen LogP contribution in [0, 0.1) is 0 Å². The maximum Gasteiger partial charge on any atom is 0.191 e. The number of rotatable bonds is 6. The van der Waals surface area contributed by atoms with Crippen molar-refractivity contribution in [3.8, 4) is 5.75 Å². The van der Waals surface area contributed by atoms with Gasteiger partial charge in [0.15, 0.2) is 5.96 Å². The normalized spacial score (nSPS) is 10.7. The van der Waals surface area contributed by atoms with Crippen LogP contribution in [-0.4, -0.2) is 24.2 Å². The van der Waals surface area contributed by atoms with Gasteiger partial charge in [-0.25, -0.2) is 4.99 Å². The Kier molecular flexibility index (Phi) is 9.12. The van der Waals surface area contributed by atoms with Gasteiger partial charge in [-0.05, 0) is 36.6 Å². The van der Waals surface area contributed by atoms with E-state index in [1.165, 1.54) is 5.56 Å². The summed E-state index contributed by atoms with van der Waals surface area (Å²) in [6, 6.07) is 17.5. The number of benzene rings is 2. The lowest BCUT2D eigenvalue weighted by Gasteiger charge is -2.11. The van der Waals surface area contributed by atoms with E-state index in [1.54, 1.807) is 12.1 Å². The molecule has 2 aromatic rings. The molecule has 0 aromatic heterocycles. The average molecular weight is 425 g/mol. The van der Waals surface area contributed by atoms with Gasteiger partial charge in [0.05, 0.1) is 6.54 Å². The molecule has 0 heterocycles. The molecule has 0 atom stereocenters. The third-order valence-corrected chi connectivity index (χ3v) is 3.25. The second-order valence-electron chi connectivity index (χ2n) is 5.02. The van der Waals surface area contributed by atoms with Crippen molar-refractivity contribution in [2.45, 2.75) is 19.9 Å². The van der Waals surface area contributed by atoms with Gasteiger partial charge in [-0.3, -0.25) is 0 Å². The van der Waals surface area contributed by atoms with Gasteiger partial charge < -0.3 is 15.7 Å². The molecule has 0 unspecified atom stereocenters. The molecule has 4 nitrogen and oxygen atoms in total. The minimum absolute atomic E-state index is 0. The van der Waals surface area contributed by atoms with Crippen molar-refractivity contribution < 1.29 is 5.11 Å². The number of phenolic OH excluding ortho intramolecular Hbond substituents is 1. The van der Waals surface area contributed by atoms with Crippen molar-refractivity contribution in [3.05, 3.63) is 65.7 Å². The van der Waals surface area contributed by atoms with Gasteiger partial charge in [-0.15, -0.1) is 24.0 Å². The lowest BCUT2D eigenvalue weighted by Crippen LogP contribution is -2.38. The van der Waals surface area contributed by atoms with Crippen molar-refractivity contribution >= 4 is 29.9 Å². The summed E-state index contributed by atoms with van der Waals surface area (Å²) in [6.07, 6.45) is 0.963. The summed E-state index contributed by atoms with van der Waals surface area (Å²) in [7, 11) is 0. The van der Waals surface area contributed by atoms with Crippen LogP contribution in [0.15, 0.2) is 59.6 Å². The van der Waals surface area contributed by atoms with Gasteiger partial charge in [0, 0.05) is 13.1 Å². The smallest absolute Gasteiger partial charge is 0.191 e. The highest BCUT2D eigenvalue weighted by Crippen LogP contribution is 2.10. The molecule has 0 bridgehead atoms.